The summed E-state index contributed by atoms with van der Waals surface area (Å²) in [5.74, 6) is -0.463. The van der Waals surface area contributed by atoms with Crippen LogP contribution < -0.4 is 5.32 Å². The molecule has 204 valence electrons. The van der Waals surface area contributed by atoms with E-state index in [9.17, 15) is 18.0 Å². The molecule has 3 fully saturated rings. The molecule has 2 saturated carbocycles. The molecule has 0 unspecified atom stereocenters. The van der Waals surface area contributed by atoms with Crippen LogP contribution in [0.3, 0.4) is 0 Å². The fourth-order valence-corrected chi connectivity index (χ4v) is 7.39. The lowest BCUT2D eigenvalue weighted by atomic mass is 10.1. The van der Waals surface area contributed by atoms with Crippen LogP contribution in [0.5, 0.6) is 0 Å². The van der Waals surface area contributed by atoms with Gasteiger partial charge in [0, 0.05) is 48.9 Å². The lowest BCUT2D eigenvalue weighted by molar-refractivity contribution is -0.122. The van der Waals surface area contributed by atoms with Crippen LogP contribution in [0.15, 0.2) is 40.5 Å². The first kappa shape index (κ1) is 26.8. The minimum Gasteiger partial charge on any atom is -0.392 e. The lowest BCUT2D eigenvalue weighted by Gasteiger charge is -2.37. The predicted molar refractivity (Wildman–Crippen MR) is 145 cm³/mol. The van der Waals surface area contributed by atoms with Gasteiger partial charge in [-0.2, -0.15) is 0 Å². The van der Waals surface area contributed by atoms with Crippen LogP contribution in [0, 0.1) is 0 Å². The molecular formula is C26H33N5O5S2. The summed E-state index contributed by atoms with van der Waals surface area (Å²) in [6.45, 7) is 4.97. The van der Waals surface area contributed by atoms with Crippen molar-refractivity contribution in [1.29, 1.82) is 0 Å². The van der Waals surface area contributed by atoms with Crippen LogP contribution in [0.2, 0.25) is 0 Å². The Morgan fingerprint density at radius 3 is 2.58 bits per heavy atom. The van der Waals surface area contributed by atoms with E-state index in [4.69, 9.17) is 4.84 Å². The molecule has 5 rings (SSSR count). The maximum atomic E-state index is 13.3. The van der Waals surface area contributed by atoms with Crippen molar-refractivity contribution in [3.8, 4) is 0 Å². The number of anilines is 1. The largest absolute Gasteiger partial charge is 0.392 e. The van der Waals surface area contributed by atoms with Crippen LogP contribution in [-0.4, -0.2) is 78.3 Å². The minimum absolute atomic E-state index is 0.0270. The Labute approximate surface area is 227 Å². The molecule has 0 spiro atoms. The fourth-order valence-electron chi connectivity index (χ4n) is 4.88. The number of hydrogen-bond donors (Lipinski definition) is 1. The summed E-state index contributed by atoms with van der Waals surface area (Å²) in [5, 5.41) is 7.21. The first-order valence-electron chi connectivity index (χ1n) is 13.1. The molecule has 38 heavy (non-hydrogen) atoms. The van der Waals surface area contributed by atoms with Gasteiger partial charge in [0.2, 0.25) is 6.41 Å². The van der Waals surface area contributed by atoms with Crippen molar-refractivity contribution < 1.29 is 22.8 Å². The molecule has 2 aromatic rings. The molecule has 0 radical (unpaired) electrons. The Morgan fingerprint density at radius 2 is 1.92 bits per heavy atom. The second-order valence-electron chi connectivity index (χ2n) is 10.2. The molecule has 1 aromatic heterocycles. The minimum atomic E-state index is -3.32. The third-order valence-corrected chi connectivity index (χ3v) is 10.5. The highest BCUT2D eigenvalue weighted by Gasteiger charge is 2.37. The monoisotopic (exact) mass is 559 g/mol. The zero-order valence-corrected chi connectivity index (χ0v) is 23.0. The molecule has 10 nitrogen and oxygen atoms in total. The molecule has 1 N–H and O–H groups in total. The number of nitrogens with zero attached hydrogens (tertiary/aromatic N) is 4. The van der Waals surface area contributed by atoms with Crippen molar-refractivity contribution in [1.82, 2.24) is 14.8 Å². The summed E-state index contributed by atoms with van der Waals surface area (Å²) in [6, 6.07) is 6.44. The van der Waals surface area contributed by atoms with E-state index >= 15 is 0 Å². The molecule has 2 aliphatic carbocycles. The SMILES string of the molecule is C[C@H]1CN(Cc2cnc(NC(=O)/C(=N/OC3CCCC3)c3ccc(S(=O)(=O)C4CC4)cc3)s2)CCN1C=O. The first-order valence-corrected chi connectivity index (χ1v) is 15.5. The third kappa shape index (κ3) is 6.24. The average molecular weight is 560 g/mol. The van der Waals surface area contributed by atoms with Crippen molar-refractivity contribution in [3.63, 3.8) is 0 Å². The zero-order chi connectivity index (χ0) is 26.7. The van der Waals surface area contributed by atoms with E-state index in [-0.39, 0.29) is 28.0 Å². The van der Waals surface area contributed by atoms with Gasteiger partial charge in [0.05, 0.1) is 10.1 Å². The molecule has 1 saturated heterocycles. The summed E-state index contributed by atoms with van der Waals surface area (Å²) >= 11 is 1.39. The number of aromatic nitrogens is 1. The lowest BCUT2D eigenvalue weighted by Crippen LogP contribution is -2.50. The Hall–Kier alpha value is -2.83. The van der Waals surface area contributed by atoms with Gasteiger partial charge in [0.15, 0.2) is 20.7 Å². The molecular weight excluding hydrogens is 526 g/mol. The maximum Gasteiger partial charge on any atom is 0.280 e. The van der Waals surface area contributed by atoms with Crippen molar-refractivity contribution in [2.45, 2.75) is 74.3 Å². The van der Waals surface area contributed by atoms with Crippen LogP contribution in [0.25, 0.3) is 0 Å². The highest BCUT2D eigenvalue weighted by molar-refractivity contribution is 7.92. The normalized spacial score (nSPS) is 21.4. The molecule has 1 aromatic carbocycles. The number of benzene rings is 1. The Morgan fingerprint density at radius 1 is 1.18 bits per heavy atom. The van der Waals surface area contributed by atoms with Gasteiger partial charge >= 0.3 is 0 Å². The van der Waals surface area contributed by atoms with Crippen molar-refractivity contribution in [2.75, 3.05) is 25.0 Å². The summed E-state index contributed by atoms with van der Waals surface area (Å²) < 4.78 is 25.2. The van der Waals surface area contributed by atoms with E-state index in [1.54, 1.807) is 23.2 Å². The summed E-state index contributed by atoms with van der Waals surface area (Å²) in [6.07, 6.45) is 7.94. The van der Waals surface area contributed by atoms with Gasteiger partial charge in [-0.25, -0.2) is 13.4 Å². The number of sulfone groups is 1. The molecule has 3 aliphatic rings. The summed E-state index contributed by atoms with van der Waals surface area (Å²) in [5.41, 5.74) is 0.567. The van der Waals surface area contributed by atoms with Crippen molar-refractivity contribution in [3.05, 3.63) is 40.9 Å². The highest BCUT2D eigenvalue weighted by atomic mass is 32.2. The maximum absolute atomic E-state index is 13.3. The van der Waals surface area contributed by atoms with Crippen molar-refractivity contribution >= 4 is 44.3 Å². The Bertz CT molecular complexity index is 1280. The number of hydrogen-bond acceptors (Lipinski definition) is 9. The molecule has 12 heteroatoms. The number of oxime groups is 1. The van der Waals surface area contributed by atoms with Crippen LogP contribution in [0.4, 0.5) is 5.13 Å². The summed E-state index contributed by atoms with van der Waals surface area (Å²) in [7, 11) is -3.32. The fraction of sp³-hybridized carbons (Fsp3) is 0.538. The molecule has 1 atom stereocenters. The van der Waals surface area contributed by atoms with E-state index < -0.39 is 15.7 Å². The second-order valence-corrected chi connectivity index (χ2v) is 13.6. The van der Waals surface area contributed by atoms with E-state index in [0.29, 0.717) is 36.6 Å². The molecule has 1 aliphatic heterocycles. The van der Waals surface area contributed by atoms with E-state index in [1.165, 1.54) is 23.5 Å². The van der Waals surface area contributed by atoms with Gasteiger partial charge in [-0.15, -0.1) is 11.3 Å². The van der Waals surface area contributed by atoms with E-state index in [2.05, 4.69) is 20.4 Å². The third-order valence-electron chi connectivity index (χ3n) is 7.28. The number of carbonyl (C=O) groups excluding carboxylic acids is 2. The molecule has 0 bridgehead atoms. The summed E-state index contributed by atoms with van der Waals surface area (Å²) in [4.78, 5) is 39.9. The van der Waals surface area contributed by atoms with Gasteiger partial charge in [0.25, 0.3) is 5.91 Å². The van der Waals surface area contributed by atoms with Crippen LogP contribution >= 0.6 is 11.3 Å². The highest BCUT2D eigenvalue weighted by Crippen LogP contribution is 2.33. The number of thiazole rings is 1. The van der Waals surface area contributed by atoms with E-state index in [1.807, 2.05) is 6.92 Å². The smallest absolute Gasteiger partial charge is 0.280 e. The Kier molecular flexibility index (Phi) is 8.10. The predicted octanol–water partition coefficient (Wildman–Crippen LogP) is 3.04. The van der Waals surface area contributed by atoms with Gasteiger partial charge in [-0.3, -0.25) is 19.8 Å². The second kappa shape index (κ2) is 11.5. The topological polar surface area (TPSA) is 121 Å². The van der Waals surface area contributed by atoms with Crippen LogP contribution in [-0.2, 0) is 30.8 Å². The Balaban J connectivity index is 1.28. The number of nitrogens with one attached hydrogen (secondary N) is 1. The number of rotatable bonds is 10. The number of carbonyl (C=O) groups is 2. The van der Waals surface area contributed by atoms with Crippen molar-refractivity contribution in [2.24, 2.45) is 5.16 Å². The van der Waals surface area contributed by atoms with E-state index in [0.717, 1.165) is 50.1 Å². The van der Waals surface area contributed by atoms with Crippen LogP contribution in [0.1, 0.15) is 55.9 Å². The van der Waals surface area contributed by atoms with Gasteiger partial charge in [-0.1, -0.05) is 17.3 Å². The van der Waals surface area contributed by atoms with Gasteiger partial charge < -0.3 is 9.74 Å². The van der Waals surface area contributed by atoms with Gasteiger partial charge in [-0.05, 0) is 57.6 Å². The molecule has 2 heterocycles. The number of amides is 2. The molecule has 2 amide bonds. The van der Waals surface area contributed by atoms with Gasteiger partial charge in [0.1, 0.15) is 6.10 Å². The standard InChI is InChI=1S/C26H33N5O5S2/c1-18-15-30(12-13-31(18)17-32)16-21-14-27-26(37-21)28-25(33)24(29-36-20-4-2-3-5-20)19-6-8-22(9-7-19)38(34,35)23-10-11-23/h6-9,14,17-18,20,23H,2-5,10-13,15-16H2,1H3,(H,27,28,33)/b29-24+/t18-/m0/s1. The average Bonchev–Trinajstić information content (AvgIpc) is 3.49. The first-order chi connectivity index (χ1) is 18.3. The zero-order valence-electron chi connectivity index (χ0n) is 21.4. The quantitative estimate of drug-likeness (QED) is 0.270. The number of piperazine rings is 1.